The highest BCUT2D eigenvalue weighted by Crippen LogP contribution is 2.27. The van der Waals surface area contributed by atoms with E-state index in [9.17, 15) is 4.79 Å². The van der Waals surface area contributed by atoms with Gasteiger partial charge < -0.3 is 9.30 Å². The maximum Gasteiger partial charge on any atom is 0.250 e. The number of ether oxygens (including phenoxy) is 1. The lowest BCUT2D eigenvalue weighted by Gasteiger charge is -2.10. The van der Waals surface area contributed by atoms with Crippen molar-refractivity contribution in [2.75, 3.05) is 0 Å². The second-order valence-electron chi connectivity index (χ2n) is 8.01. The summed E-state index contributed by atoms with van der Waals surface area (Å²) in [5.41, 5.74) is 6.25. The van der Waals surface area contributed by atoms with Crippen LogP contribution in [0.4, 0.5) is 0 Å². The zero-order valence-electron chi connectivity index (χ0n) is 18.7. The van der Waals surface area contributed by atoms with E-state index in [1.54, 1.807) is 26.4 Å². The molecule has 0 amide bonds. The summed E-state index contributed by atoms with van der Waals surface area (Å²) in [5, 5.41) is 10.0. The van der Waals surface area contributed by atoms with Crippen LogP contribution in [0, 0.1) is 6.92 Å². The summed E-state index contributed by atoms with van der Waals surface area (Å²) in [6, 6.07) is 21.5. The van der Waals surface area contributed by atoms with Crippen molar-refractivity contribution >= 4 is 10.9 Å². The first kappa shape index (κ1) is 20.6. The van der Waals surface area contributed by atoms with Crippen LogP contribution in [0.3, 0.4) is 0 Å². The Hall–Kier alpha value is -4.26. The third-order valence-corrected chi connectivity index (χ3v) is 5.56. The molecule has 2 aromatic carbocycles. The van der Waals surface area contributed by atoms with Gasteiger partial charge >= 0.3 is 0 Å². The van der Waals surface area contributed by atoms with Gasteiger partial charge in [-0.25, -0.2) is 4.98 Å². The molecule has 0 saturated heterocycles. The molecule has 0 aliphatic rings. The zero-order valence-corrected chi connectivity index (χ0v) is 18.7. The fourth-order valence-electron chi connectivity index (χ4n) is 3.88. The molecule has 33 heavy (non-hydrogen) atoms. The predicted octanol–water partition coefficient (Wildman–Crippen LogP) is 4.28. The Morgan fingerprint density at radius 3 is 2.42 bits per heavy atom. The summed E-state index contributed by atoms with van der Waals surface area (Å²) < 4.78 is 7.53. The number of benzene rings is 2. The molecule has 0 unspecified atom stereocenters. The summed E-state index contributed by atoms with van der Waals surface area (Å²) in [6.45, 7) is 2.34. The summed E-state index contributed by atoms with van der Waals surface area (Å²) in [5.74, 6) is 0.731. The number of para-hydroxylation sites is 1. The van der Waals surface area contributed by atoms with Crippen molar-refractivity contribution in [1.29, 1.82) is 0 Å². The normalized spacial score (nSPS) is 11.1. The lowest BCUT2D eigenvalue weighted by Crippen LogP contribution is -2.14. The average molecular weight is 438 g/mol. The molecular weight excluding hydrogens is 414 g/mol. The topological polar surface area (TPSA) is 74.8 Å². The SMILES string of the molecule is Cc1cc2ccccc2nc1-c1ccc(OCc2nn(C)nc2-c2ccc(=O)n(C)c2)cc1. The van der Waals surface area contributed by atoms with E-state index in [0.717, 1.165) is 39.0 Å². The van der Waals surface area contributed by atoms with Crippen molar-refractivity contribution < 1.29 is 4.74 Å². The molecule has 0 aliphatic heterocycles. The minimum absolute atomic E-state index is 0.0725. The van der Waals surface area contributed by atoms with Crippen LogP contribution in [0.15, 0.2) is 77.7 Å². The molecule has 0 saturated carbocycles. The van der Waals surface area contributed by atoms with E-state index < -0.39 is 0 Å². The molecule has 0 aliphatic carbocycles. The molecule has 0 N–H and O–H groups in total. The molecule has 0 bridgehead atoms. The van der Waals surface area contributed by atoms with E-state index in [2.05, 4.69) is 29.3 Å². The molecular formula is C26H23N5O2. The molecule has 0 spiro atoms. The fourth-order valence-corrected chi connectivity index (χ4v) is 3.88. The molecule has 7 nitrogen and oxygen atoms in total. The lowest BCUT2D eigenvalue weighted by molar-refractivity contribution is 0.300. The van der Waals surface area contributed by atoms with E-state index in [1.165, 1.54) is 15.4 Å². The zero-order chi connectivity index (χ0) is 22.9. The number of hydrogen-bond acceptors (Lipinski definition) is 5. The van der Waals surface area contributed by atoms with Gasteiger partial charge in [-0.1, -0.05) is 18.2 Å². The van der Waals surface area contributed by atoms with Gasteiger partial charge in [0.1, 0.15) is 23.7 Å². The Morgan fingerprint density at radius 1 is 0.879 bits per heavy atom. The number of fused-ring (bicyclic) bond motifs is 1. The van der Waals surface area contributed by atoms with Crippen molar-refractivity contribution in [3.05, 3.63) is 94.5 Å². The number of aromatic nitrogens is 5. The van der Waals surface area contributed by atoms with E-state index in [0.29, 0.717) is 11.4 Å². The van der Waals surface area contributed by atoms with Gasteiger partial charge in [-0.3, -0.25) is 4.79 Å². The second kappa shape index (κ2) is 8.35. The summed E-state index contributed by atoms with van der Waals surface area (Å²) >= 11 is 0. The van der Waals surface area contributed by atoms with E-state index in [1.807, 2.05) is 42.5 Å². The molecule has 7 heteroatoms. The standard InChI is InChI=1S/C26H23N5O2/c1-17-14-19-6-4-5-7-22(19)27-25(17)18-8-11-21(12-9-18)33-16-23-26(29-31(3)28-23)20-10-13-24(32)30(2)15-20/h4-15H,16H2,1-3H3. The van der Waals surface area contributed by atoms with Gasteiger partial charge in [0.05, 0.1) is 11.2 Å². The Bertz CT molecular complexity index is 1520. The predicted molar refractivity (Wildman–Crippen MR) is 128 cm³/mol. The molecule has 0 fully saturated rings. The van der Waals surface area contributed by atoms with Crippen LogP contribution in [0.25, 0.3) is 33.4 Å². The minimum Gasteiger partial charge on any atom is -0.487 e. The molecule has 164 valence electrons. The molecule has 0 atom stereocenters. The minimum atomic E-state index is -0.0725. The Labute approximate surface area is 190 Å². The highest BCUT2D eigenvalue weighted by Gasteiger charge is 2.14. The first-order valence-corrected chi connectivity index (χ1v) is 10.6. The van der Waals surface area contributed by atoms with E-state index in [4.69, 9.17) is 9.72 Å². The largest absolute Gasteiger partial charge is 0.487 e. The molecule has 3 heterocycles. The van der Waals surface area contributed by atoms with Crippen LogP contribution < -0.4 is 10.3 Å². The van der Waals surface area contributed by atoms with Crippen LogP contribution in [0.1, 0.15) is 11.3 Å². The monoisotopic (exact) mass is 437 g/mol. The summed E-state index contributed by atoms with van der Waals surface area (Å²) in [7, 11) is 3.48. The highest BCUT2D eigenvalue weighted by molar-refractivity contribution is 5.83. The number of nitrogens with zero attached hydrogens (tertiary/aromatic N) is 5. The molecule has 0 radical (unpaired) electrons. The van der Waals surface area contributed by atoms with Gasteiger partial charge in [-0.2, -0.15) is 15.0 Å². The summed E-state index contributed by atoms with van der Waals surface area (Å²) in [6.07, 6.45) is 1.75. The third-order valence-electron chi connectivity index (χ3n) is 5.56. The van der Waals surface area contributed by atoms with Crippen molar-refractivity contribution in [3.8, 4) is 28.3 Å². The van der Waals surface area contributed by atoms with Crippen LogP contribution in [-0.4, -0.2) is 24.5 Å². The van der Waals surface area contributed by atoms with E-state index in [-0.39, 0.29) is 12.2 Å². The number of rotatable bonds is 5. The number of pyridine rings is 2. The van der Waals surface area contributed by atoms with Crippen LogP contribution in [0.5, 0.6) is 5.75 Å². The Morgan fingerprint density at radius 2 is 1.64 bits per heavy atom. The average Bonchev–Trinajstić information content (AvgIpc) is 3.20. The Balaban J connectivity index is 1.37. The van der Waals surface area contributed by atoms with Gasteiger partial charge in [0.2, 0.25) is 5.56 Å². The van der Waals surface area contributed by atoms with Crippen molar-refractivity contribution in [2.45, 2.75) is 13.5 Å². The van der Waals surface area contributed by atoms with Crippen molar-refractivity contribution in [2.24, 2.45) is 14.1 Å². The van der Waals surface area contributed by atoms with Gasteiger partial charge in [0, 0.05) is 42.9 Å². The molecule has 5 rings (SSSR count). The summed E-state index contributed by atoms with van der Waals surface area (Å²) in [4.78, 5) is 18.1. The quantitative estimate of drug-likeness (QED) is 0.410. The van der Waals surface area contributed by atoms with Crippen molar-refractivity contribution in [1.82, 2.24) is 24.5 Å². The van der Waals surface area contributed by atoms with Crippen LogP contribution in [-0.2, 0) is 20.7 Å². The molecule has 5 aromatic rings. The maximum atomic E-state index is 11.7. The number of aryl methyl sites for hydroxylation is 3. The van der Waals surface area contributed by atoms with Gasteiger partial charge in [-0.05, 0) is 55.0 Å². The van der Waals surface area contributed by atoms with Crippen LogP contribution in [0.2, 0.25) is 0 Å². The molecule has 3 aromatic heterocycles. The van der Waals surface area contributed by atoms with Gasteiger partial charge in [-0.15, -0.1) is 0 Å². The lowest BCUT2D eigenvalue weighted by atomic mass is 10.0. The first-order chi connectivity index (χ1) is 16.0. The van der Waals surface area contributed by atoms with E-state index >= 15 is 0 Å². The highest BCUT2D eigenvalue weighted by atomic mass is 16.5. The smallest absolute Gasteiger partial charge is 0.250 e. The van der Waals surface area contributed by atoms with Gasteiger partial charge in [0.15, 0.2) is 0 Å². The Kier molecular flexibility index (Phi) is 5.22. The van der Waals surface area contributed by atoms with Crippen LogP contribution >= 0.6 is 0 Å². The fraction of sp³-hybridized carbons (Fsp3) is 0.154. The number of hydrogen-bond donors (Lipinski definition) is 0. The van der Waals surface area contributed by atoms with Gasteiger partial charge in [0.25, 0.3) is 0 Å². The van der Waals surface area contributed by atoms with Crippen molar-refractivity contribution in [3.63, 3.8) is 0 Å². The maximum absolute atomic E-state index is 11.7. The third kappa shape index (κ3) is 4.13. The second-order valence-corrected chi connectivity index (χ2v) is 8.01. The first-order valence-electron chi connectivity index (χ1n) is 10.6.